The summed E-state index contributed by atoms with van der Waals surface area (Å²) in [5.41, 5.74) is 2.72. The molecule has 1 aliphatic heterocycles. The summed E-state index contributed by atoms with van der Waals surface area (Å²) < 4.78 is 40.7. The molecule has 0 spiro atoms. The Hall–Kier alpha value is -4.50. The maximum atomic E-state index is 14.9. The van der Waals surface area contributed by atoms with E-state index >= 15 is 0 Å². The third-order valence-corrected chi connectivity index (χ3v) is 13.1. The Balaban J connectivity index is 1.12. The lowest BCUT2D eigenvalue weighted by Crippen LogP contribution is -2.36. The lowest BCUT2D eigenvalue weighted by atomic mass is 10.2. The van der Waals surface area contributed by atoms with E-state index in [0.29, 0.717) is 68.3 Å². The van der Waals surface area contributed by atoms with Crippen LogP contribution < -0.4 is 14.4 Å². The molecule has 0 saturated carbocycles. The Morgan fingerprint density at radius 3 is 2.65 bits per heavy atom. The first-order valence-corrected chi connectivity index (χ1v) is 24.5. The minimum atomic E-state index is -1.22. The second kappa shape index (κ2) is 19.8. The normalized spacial score (nSPS) is 13.8. The molecule has 1 aliphatic rings. The van der Waals surface area contributed by atoms with Gasteiger partial charge in [-0.05, 0) is 74.7 Å². The Morgan fingerprint density at radius 2 is 1.89 bits per heavy atom. The van der Waals surface area contributed by atoms with Gasteiger partial charge >= 0.3 is 5.97 Å². The average molecular weight is 832 g/mol. The molecule has 1 fully saturated rings. The Morgan fingerprint density at radius 1 is 1.09 bits per heavy atom. The Bertz CT molecular complexity index is 2290. The van der Waals surface area contributed by atoms with Crippen molar-refractivity contribution in [3.05, 3.63) is 80.8 Å². The monoisotopic (exact) mass is 831 g/mol. The van der Waals surface area contributed by atoms with Crippen LogP contribution in [0.5, 0.6) is 5.75 Å². The summed E-state index contributed by atoms with van der Waals surface area (Å²) in [5.74, 6) is 6.38. The summed E-state index contributed by atoms with van der Waals surface area (Å²) in [6.45, 7) is 16.0. The highest BCUT2D eigenvalue weighted by molar-refractivity contribution is 7.16. The summed E-state index contributed by atoms with van der Waals surface area (Å²) in [5, 5.41) is 9.58. The molecule has 57 heavy (non-hydrogen) atoms. The van der Waals surface area contributed by atoms with Crippen LogP contribution in [0, 0.1) is 24.6 Å². The number of esters is 1. The van der Waals surface area contributed by atoms with E-state index in [1.807, 2.05) is 32.2 Å². The van der Waals surface area contributed by atoms with Crippen molar-refractivity contribution in [1.82, 2.24) is 24.6 Å². The number of halogens is 1. The molecule has 4 heterocycles. The van der Waals surface area contributed by atoms with Crippen LogP contribution in [0.4, 0.5) is 21.2 Å². The van der Waals surface area contributed by atoms with E-state index in [1.54, 1.807) is 35.3 Å². The fourth-order valence-electron chi connectivity index (χ4n) is 5.83. The fourth-order valence-corrected chi connectivity index (χ4v) is 8.66. The van der Waals surface area contributed by atoms with Crippen molar-refractivity contribution in [3.63, 3.8) is 0 Å². The first-order chi connectivity index (χ1) is 27.5. The van der Waals surface area contributed by atoms with Gasteiger partial charge in [-0.15, -0.1) is 21.5 Å². The van der Waals surface area contributed by atoms with Gasteiger partial charge in [-0.1, -0.05) is 55.0 Å². The minimum absolute atomic E-state index is 0.154. The van der Waals surface area contributed by atoms with Crippen molar-refractivity contribution in [1.29, 1.82) is 0 Å². The van der Waals surface area contributed by atoms with Gasteiger partial charge in [-0.25, -0.2) is 14.2 Å². The molecule has 3 aromatic heterocycles. The van der Waals surface area contributed by atoms with Crippen molar-refractivity contribution >= 4 is 63.7 Å². The van der Waals surface area contributed by atoms with Gasteiger partial charge in [0.1, 0.15) is 6.73 Å². The quantitative estimate of drug-likeness (QED) is 0.0427. The number of aryl methyl sites for hydroxylation is 2. The maximum absolute atomic E-state index is 14.9. The number of ether oxygens (including phenoxy) is 4. The predicted molar refractivity (Wildman–Crippen MR) is 226 cm³/mol. The number of morpholine rings is 1. The molecule has 5 aromatic rings. The van der Waals surface area contributed by atoms with Crippen molar-refractivity contribution in [2.45, 2.75) is 59.1 Å². The van der Waals surface area contributed by atoms with Gasteiger partial charge in [-0.3, -0.25) is 9.47 Å². The highest BCUT2D eigenvalue weighted by Crippen LogP contribution is 2.32. The molecular weight excluding hydrogens is 782 g/mol. The number of aromatic nitrogens is 4. The van der Waals surface area contributed by atoms with Crippen LogP contribution in [0.15, 0.2) is 53.5 Å². The smallest absolute Gasteiger partial charge is 0.358 e. The number of carbonyl (C=O) groups excluding carboxylic acids is 1. The van der Waals surface area contributed by atoms with Crippen LogP contribution in [0.1, 0.15) is 39.8 Å². The van der Waals surface area contributed by atoms with E-state index < -0.39 is 19.9 Å². The zero-order valence-electron chi connectivity index (χ0n) is 33.5. The third-order valence-electron chi connectivity index (χ3n) is 9.11. The van der Waals surface area contributed by atoms with Crippen LogP contribution in [-0.2, 0) is 27.4 Å². The largest absolute Gasteiger partial charge is 0.491 e. The lowest BCUT2D eigenvalue weighted by Gasteiger charge is -2.24. The summed E-state index contributed by atoms with van der Waals surface area (Å²) in [6.07, 6.45) is 1.00. The fraction of sp³-hybridized carbons (Fsp3) is 0.439. The molecule has 302 valence electrons. The third kappa shape index (κ3) is 11.6. The van der Waals surface area contributed by atoms with Crippen molar-refractivity contribution in [3.8, 4) is 17.6 Å². The second-order valence-corrected chi connectivity index (χ2v) is 22.5. The highest BCUT2D eigenvalue weighted by Gasteiger charge is 2.23. The van der Waals surface area contributed by atoms with E-state index in [4.69, 9.17) is 23.9 Å². The summed E-state index contributed by atoms with van der Waals surface area (Å²) >= 11 is 2.95. The van der Waals surface area contributed by atoms with Crippen LogP contribution in [0.3, 0.4) is 0 Å². The van der Waals surface area contributed by atoms with Crippen LogP contribution in [0.2, 0.25) is 25.7 Å². The van der Waals surface area contributed by atoms with Crippen molar-refractivity contribution in [2.24, 2.45) is 4.99 Å². The average Bonchev–Trinajstić information content (AvgIpc) is 3.78. The first kappa shape index (κ1) is 42.1. The molecule has 0 radical (unpaired) electrons. The number of hydrogen-bond acceptors (Lipinski definition) is 13. The Kier molecular flexibility index (Phi) is 14.6. The summed E-state index contributed by atoms with van der Waals surface area (Å²) in [4.78, 5) is 28.1. The molecule has 0 bridgehead atoms. The first-order valence-electron chi connectivity index (χ1n) is 19.2. The molecule has 0 unspecified atom stereocenters. The second-order valence-electron chi connectivity index (χ2n) is 14.8. The van der Waals surface area contributed by atoms with Crippen molar-refractivity contribution < 1.29 is 28.1 Å². The molecule has 6 rings (SSSR count). The van der Waals surface area contributed by atoms with E-state index in [1.165, 1.54) is 17.4 Å². The molecule has 0 amide bonds. The van der Waals surface area contributed by atoms with Crippen LogP contribution >= 0.6 is 22.7 Å². The molecule has 12 nitrogen and oxygen atoms in total. The van der Waals surface area contributed by atoms with Gasteiger partial charge in [0, 0.05) is 45.3 Å². The molecular formula is C41H50FN7O5S2Si. The molecule has 0 atom stereocenters. The van der Waals surface area contributed by atoms with E-state index in [0.717, 1.165) is 44.6 Å². The van der Waals surface area contributed by atoms with Gasteiger partial charge in [0.25, 0.3) is 0 Å². The van der Waals surface area contributed by atoms with Gasteiger partial charge in [-0.2, -0.15) is 4.99 Å². The van der Waals surface area contributed by atoms with Gasteiger partial charge in [0.05, 0.1) is 43.2 Å². The summed E-state index contributed by atoms with van der Waals surface area (Å²) in [7, 11) is 0.609. The standard InChI is InChI=1S/C41H50FN7O5S2Si/c1-7-53-39(50)37-35(15-11-21-54-33-17-16-30(27-31(33)42)12-10-18-48-19-22-51-23-20-48)56-40(43-37)47(3)36-26-29(2)38(46-45-36)44-41-49(28-52-24-25-57(4,5)6)32-13-8-9-14-34(32)55-41/h8-9,13-14,16-17,26-27H,7,11,15,18-25,28H2,1-6H3. The molecule has 1 saturated heterocycles. The number of thiazole rings is 2. The molecule has 2 aromatic carbocycles. The number of rotatable bonds is 16. The van der Waals surface area contributed by atoms with Crippen LogP contribution in [0.25, 0.3) is 10.2 Å². The predicted octanol–water partition coefficient (Wildman–Crippen LogP) is 7.58. The number of hydrogen-bond donors (Lipinski definition) is 0. The number of carbonyl (C=O) groups is 1. The van der Waals surface area contributed by atoms with E-state index in [2.05, 4.69) is 68.3 Å². The molecule has 0 aliphatic carbocycles. The van der Waals surface area contributed by atoms with Gasteiger partial charge in [0.2, 0.25) is 0 Å². The number of anilines is 2. The topological polar surface area (TPSA) is 116 Å². The lowest BCUT2D eigenvalue weighted by molar-refractivity contribution is 0.0443. The van der Waals surface area contributed by atoms with Crippen molar-refractivity contribution in [2.75, 3.05) is 64.6 Å². The summed E-state index contributed by atoms with van der Waals surface area (Å²) in [6, 6.07) is 15.9. The molecule has 16 heteroatoms. The van der Waals surface area contributed by atoms with Gasteiger partial charge in [0.15, 0.2) is 38.8 Å². The SMILES string of the molecule is CCOC(=O)c1nc(N(C)c2cc(C)c(N=c3sc4ccccc4n3COCC[Si](C)(C)C)nn2)sc1CCCOc1ccc(C#CCN2CCOCC2)cc1F. The minimum Gasteiger partial charge on any atom is -0.491 e. The highest BCUT2D eigenvalue weighted by atomic mass is 32.1. The van der Waals surface area contributed by atoms with Gasteiger partial charge < -0.3 is 23.8 Å². The Labute approximate surface area is 342 Å². The number of para-hydroxylation sites is 1. The number of fused-ring (bicyclic) bond motifs is 1. The molecule has 0 N–H and O–H groups in total. The van der Waals surface area contributed by atoms with E-state index in [-0.39, 0.29) is 24.7 Å². The maximum Gasteiger partial charge on any atom is 0.358 e. The zero-order valence-corrected chi connectivity index (χ0v) is 36.1. The number of nitrogens with zero attached hydrogens (tertiary/aromatic N) is 7. The number of benzene rings is 2. The van der Waals surface area contributed by atoms with Crippen LogP contribution in [-0.4, -0.2) is 98.4 Å². The zero-order chi connectivity index (χ0) is 40.4. The van der Waals surface area contributed by atoms with E-state index in [9.17, 15) is 9.18 Å².